The normalized spacial score (nSPS) is 26.1. The molecule has 0 bridgehead atoms. The van der Waals surface area contributed by atoms with Crippen LogP contribution in [0.2, 0.25) is 0 Å². The standard InChI is InChI=1S/C39H52IO9/c1-6-39(5,37(44)47-22-27-10-18-33-34(20-27)48-33)24-38(3,4)36(43)46-21-26-9-17-32(31(41)19-26)49-35(42)23-45-30-15-13-29(14-16-30)40-28-11-7-25(2)8-12-28/h7-8,11-16,26-27,31-34,41H,6,9-10,17-24H2,1-5H3/q+1. The maximum Gasteiger partial charge on any atom is 0.357 e. The number of hydrogen-bond donors (Lipinski definition) is 1. The Morgan fingerprint density at radius 2 is 1.45 bits per heavy atom. The highest BCUT2D eigenvalue weighted by molar-refractivity contribution is 5.80. The number of carbonyl (C=O) groups excluding carboxylic acids is 3. The molecule has 49 heavy (non-hydrogen) atoms. The van der Waals surface area contributed by atoms with Crippen molar-refractivity contribution in [3.05, 3.63) is 61.2 Å². The number of epoxide rings is 1. The molecule has 7 unspecified atom stereocenters. The van der Waals surface area contributed by atoms with Gasteiger partial charge in [0.05, 0.1) is 42.4 Å². The molecule has 1 heterocycles. The number of aryl methyl sites for hydroxylation is 1. The highest BCUT2D eigenvalue weighted by atomic mass is 127. The minimum absolute atomic E-state index is 0.0600. The van der Waals surface area contributed by atoms with Crippen molar-refractivity contribution in [1.82, 2.24) is 0 Å². The molecule has 2 aromatic carbocycles. The topological polar surface area (TPSA) is 121 Å². The highest BCUT2D eigenvalue weighted by Gasteiger charge is 2.46. The summed E-state index contributed by atoms with van der Waals surface area (Å²) < 4.78 is 30.9. The molecular weight excluding hydrogens is 739 g/mol. The summed E-state index contributed by atoms with van der Waals surface area (Å²) in [7, 11) is 0. The Morgan fingerprint density at radius 3 is 2.08 bits per heavy atom. The lowest BCUT2D eigenvalue weighted by Crippen LogP contribution is -3.61. The summed E-state index contributed by atoms with van der Waals surface area (Å²) in [5.74, 6) is -0.333. The van der Waals surface area contributed by atoms with Crippen LogP contribution in [-0.4, -0.2) is 67.3 Å². The van der Waals surface area contributed by atoms with Crippen molar-refractivity contribution < 1.29 is 64.4 Å². The van der Waals surface area contributed by atoms with Gasteiger partial charge in [0, 0.05) is 0 Å². The van der Waals surface area contributed by atoms with E-state index < -0.39 is 29.0 Å². The Morgan fingerprint density at radius 1 is 0.837 bits per heavy atom. The summed E-state index contributed by atoms with van der Waals surface area (Å²) in [5.41, 5.74) is -0.475. The molecule has 3 aliphatic rings. The first kappa shape index (κ1) is 37.6. The molecule has 7 atom stereocenters. The second-order valence-corrected chi connectivity index (χ2v) is 18.0. The maximum absolute atomic E-state index is 13.2. The fourth-order valence-corrected chi connectivity index (χ4v) is 9.09. The number of hydrogen-bond acceptors (Lipinski definition) is 9. The second-order valence-electron chi connectivity index (χ2n) is 15.0. The minimum atomic E-state index is -0.905. The molecule has 5 rings (SSSR count). The van der Waals surface area contributed by atoms with Crippen molar-refractivity contribution in [1.29, 1.82) is 0 Å². The minimum Gasteiger partial charge on any atom is -0.482 e. The van der Waals surface area contributed by atoms with E-state index in [4.69, 9.17) is 23.7 Å². The summed E-state index contributed by atoms with van der Waals surface area (Å²) in [4.78, 5) is 39.0. The number of fused-ring (bicyclic) bond motifs is 1. The van der Waals surface area contributed by atoms with Gasteiger partial charge in [0.2, 0.25) is 0 Å². The molecule has 10 heteroatoms. The summed E-state index contributed by atoms with van der Waals surface area (Å²) in [6.07, 6.45) is 4.53. The van der Waals surface area contributed by atoms with Gasteiger partial charge >= 0.3 is 39.1 Å². The molecule has 0 aromatic heterocycles. The van der Waals surface area contributed by atoms with Crippen LogP contribution in [0.4, 0.5) is 0 Å². The Kier molecular flexibility index (Phi) is 12.7. The van der Waals surface area contributed by atoms with E-state index in [0.717, 1.165) is 19.3 Å². The van der Waals surface area contributed by atoms with E-state index in [0.29, 0.717) is 62.6 Å². The first-order chi connectivity index (χ1) is 23.3. The van der Waals surface area contributed by atoms with E-state index in [1.807, 2.05) is 38.1 Å². The van der Waals surface area contributed by atoms with Crippen molar-refractivity contribution in [3.63, 3.8) is 0 Å². The van der Waals surface area contributed by atoms with Crippen LogP contribution in [-0.2, 0) is 33.3 Å². The molecule has 3 fully saturated rings. The van der Waals surface area contributed by atoms with Gasteiger partial charge in [-0.05, 0) is 127 Å². The lowest BCUT2D eigenvalue weighted by molar-refractivity contribution is -0.597. The molecule has 9 nitrogen and oxygen atoms in total. The summed E-state index contributed by atoms with van der Waals surface area (Å²) in [5, 5.41) is 10.8. The molecule has 1 saturated heterocycles. The Hall–Kier alpha value is -2.70. The van der Waals surface area contributed by atoms with Gasteiger partial charge in [0.15, 0.2) is 13.7 Å². The Bertz CT molecular complexity index is 1420. The molecule has 2 saturated carbocycles. The van der Waals surface area contributed by atoms with Crippen LogP contribution < -0.4 is 25.9 Å². The predicted molar refractivity (Wildman–Crippen MR) is 178 cm³/mol. The summed E-state index contributed by atoms with van der Waals surface area (Å²) in [6, 6.07) is 16.4. The number of esters is 3. The van der Waals surface area contributed by atoms with Gasteiger partial charge in [0.1, 0.15) is 11.9 Å². The summed E-state index contributed by atoms with van der Waals surface area (Å²) >= 11 is -0.290. The first-order valence-corrected chi connectivity index (χ1v) is 19.8. The third kappa shape index (κ3) is 10.7. The smallest absolute Gasteiger partial charge is 0.357 e. The number of aliphatic hydroxyl groups is 1. The average Bonchev–Trinajstić information content (AvgIpc) is 3.87. The van der Waals surface area contributed by atoms with E-state index in [2.05, 4.69) is 31.2 Å². The van der Waals surface area contributed by atoms with Gasteiger partial charge in [-0.25, -0.2) is 4.79 Å². The van der Waals surface area contributed by atoms with Crippen LogP contribution in [0.1, 0.15) is 84.6 Å². The van der Waals surface area contributed by atoms with Crippen molar-refractivity contribution in [2.45, 2.75) is 110 Å². The third-order valence-corrected chi connectivity index (χ3v) is 12.9. The van der Waals surface area contributed by atoms with Crippen LogP contribution in [0.25, 0.3) is 0 Å². The van der Waals surface area contributed by atoms with Gasteiger partial charge in [-0.2, -0.15) is 0 Å². The van der Waals surface area contributed by atoms with E-state index in [9.17, 15) is 19.5 Å². The van der Waals surface area contributed by atoms with Gasteiger partial charge in [0.25, 0.3) is 0 Å². The quantitative estimate of drug-likeness (QED) is 0.126. The fourth-order valence-electron chi connectivity index (χ4n) is 6.94. The lowest BCUT2D eigenvalue weighted by atomic mass is 9.72. The van der Waals surface area contributed by atoms with Crippen molar-refractivity contribution in [2.75, 3.05) is 19.8 Å². The number of aliphatic hydroxyl groups excluding tert-OH is 1. The number of benzene rings is 2. The molecule has 0 spiro atoms. The SMILES string of the molecule is CCC(C)(CC(C)(C)C(=O)OCC1CCC(OC(=O)COc2ccc([I+]c3ccc(C)cc3)cc2)C(O)C1)C(=O)OCC1CCC2OC2C1. The number of rotatable bonds is 15. The Labute approximate surface area is 301 Å². The van der Waals surface area contributed by atoms with Crippen molar-refractivity contribution in [2.24, 2.45) is 22.7 Å². The van der Waals surface area contributed by atoms with Gasteiger partial charge < -0.3 is 28.8 Å². The largest absolute Gasteiger partial charge is 0.482 e. The van der Waals surface area contributed by atoms with Crippen molar-refractivity contribution in [3.8, 4) is 5.75 Å². The van der Waals surface area contributed by atoms with Crippen LogP contribution >= 0.6 is 0 Å². The van der Waals surface area contributed by atoms with Gasteiger partial charge in [-0.1, -0.05) is 24.6 Å². The van der Waals surface area contributed by atoms with Crippen molar-refractivity contribution >= 4 is 17.9 Å². The molecular formula is C39H52IO9+. The lowest BCUT2D eigenvalue weighted by Gasteiger charge is -2.35. The molecule has 0 radical (unpaired) electrons. The molecule has 268 valence electrons. The van der Waals surface area contributed by atoms with Gasteiger partial charge in [-0.3, -0.25) is 9.59 Å². The van der Waals surface area contributed by atoms with E-state index in [1.54, 1.807) is 13.8 Å². The van der Waals surface area contributed by atoms with E-state index >= 15 is 0 Å². The zero-order valence-corrected chi connectivity index (χ0v) is 31.6. The zero-order valence-electron chi connectivity index (χ0n) is 29.5. The second kappa shape index (κ2) is 16.5. The molecule has 2 aliphatic carbocycles. The molecule has 1 N–H and O–H groups in total. The molecule has 0 amide bonds. The monoisotopic (exact) mass is 791 g/mol. The third-order valence-electron chi connectivity index (χ3n) is 10.2. The van der Waals surface area contributed by atoms with Crippen LogP contribution in [0.3, 0.4) is 0 Å². The zero-order chi connectivity index (χ0) is 35.2. The Balaban J connectivity index is 0.995. The number of halogens is 1. The molecule has 1 aliphatic heterocycles. The predicted octanol–water partition coefficient (Wildman–Crippen LogP) is 3.06. The van der Waals surface area contributed by atoms with E-state index in [-0.39, 0.29) is 52.3 Å². The molecule has 2 aromatic rings. The first-order valence-electron chi connectivity index (χ1n) is 17.7. The van der Waals surface area contributed by atoms with Gasteiger partial charge in [-0.15, -0.1) is 0 Å². The fraction of sp³-hybridized carbons (Fsp3) is 0.615. The number of ether oxygens (including phenoxy) is 5. The maximum atomic E-state index is 13.2. The van der Waals surface area contributed by atoms with Crippen LogP contribution in [0.15, 0.2) is 48.5 Å². The van der Waals surface area contributed by atoms with E-state index in [1.165, 1.54) is 12.7 Å². The number of carbonyl (C=O) groups is 3. The summed E-state index contributed by atoms with van der Waals surface area (Å²) in [6.45, 7) is 9.79. The average molecular weight is 792 g/mol. The van der Waals surface area contributed by atoms with Crippen LogP contribution in [0.5, 0.6) is 5.75 Å². The highest BCUT2D eigenvalue weighted by Crippen LogP contribution is 2.41. The van der Waals surface area contributed by atoms with Crippen LogP contribution in [0, 0.1) is 36.7 Å².